The number of ether oxygens (including phenoxy) is 2. The molecule has 1 aromatic carbocycles. The van der Waals surface area contributed by atoms with E-state index < -0.39 is 0 Å². The summed E-state index contributed by atoms with van der Waals surface area (Å²) in [7, 11) is 0. The molecule has 1 saturated heterocycles. The first-order valence-electron chi connectivity index (χ1n) is 7.65. The first-order chi connectivity index (χ1) is 10.2. The molecule has 0 aliphatic carbocycles. The summed E-state index contributed by atoms with van der Waals surface area (Å²) in [6.45, 7) is 4.14. The molecule has 114 valence electrons. The molecule has 21 heavy (non-hydrogen) atoms. The van der Waals surface area contributed by atoms with Crippen LogP contribution in [0.25, 0.3) is 0 Å². The molecular weight excluding hydrogens is 268 g/mol. The van der Waals surface area contributed by atoms with Gasteiger partial charge in [0.1, 0.15) is 0 Å². The van der Waals surface area contributed by atoms with E-state index in [2.05, 4.69) is 17.6 Å². The van der Waals surface area contributed by atoms with Crippen molar-refractivity contribution >= 4 is 11.6 Å². The van der Waals surface area contributed by atoms with E-state index in [1.165, 1.54) is 0 Å². The molecule has 2 aliphatic heterocycles. The third-order valence-corrected chi connectivity index (χ3v) is 4.31. The standard InChI is InChI=1S/C16H22N2O3/c1-2-6-16(7-3-8-17-10-16)15(19)18-12-4-5-13-14(9-12)21-11-20-13/h4-5,9,17H,2-3,6-8,10-11H2,1H3,(H,18,19). The van der Waals surface area contributed by atoms with Gasteiger partial charge in [-0.1, -0.05) is 13.3 Å². The maximum absolute atomic E-state index is 12.8. The van der Waals surface area contributed by atoms with E-state index in [9.17, 15) is 4.79 Å². The Morgan fingerprint density at radius 3 is 3.00 bits per heavy atom. The van der Waals surface area contributed by atoms with Crippen molar-refractivity contribution < 1.29 is 14.3 Å². The van der Waals surface area contributed by atoms with Gasteiger partial charge in [-0.25, -0.2) is 0 Å². The molecule has 1 atom stereocenters. The van der Waals surface area contributed by atoms with Gasteiger partial charge in [-0.05, 0) is 37.9 Å². The van der Waals surface area contributed by atoms with Gasteiger partial charge in [0, 0.05) is 18.3 Å². The van der Waals surface area contributed by atoms with Crippen molar-refractivity contribution in [2.45, 2.75) is 32.6 Å². The smallest absolute Gasteiger partial charge is 0.231 e. The van der Waals surface area contributed by atoms with Crippen LogP contribution in [0, 0.1) is 5.41 Å². The van der Waals surface area contributed by atoms with Crippen LogP contribution in [0.4, 0.5) is 5.69 Å². The first-order valence-corrected chi connectivity index (χ1v) is 7.65. The minimum absolute atomic E-state index is 0.107. The Hall–Kier alpha value is -1.75. The topological polar surface area (TPSA) is 59.6 Å². The Bertz CT molecular complexity index is 519. The van der Waals surface area contributed by atoms with Crippen molar-refractivity contribution in [1.82, 2.24) is 5.32 Å². The number of piperidine rings is 1. The predicted octanol–water partition coefficient (Wildman–Crippen LogP) is 2.52. The number of amides is 1. The highest BCUT2D eigenvalue weighted by atomic mass is 16.7. The normalized spacial score (nSPS) is 23.9. The maximum Gasteiger partial charge on any atom is 0.231 e. The molecule has 5 heteroatoms. The van der Waals surface area contributed by atoms with Crippen molar-refractivity contribution in [2.75, 3.05) is 25.2 Å². The quantitative estimate of drug-likeness (QED) is 0.894. The van der Waals surface area contributed by atoms with Gasteiger partial charge in [-0.2, -0.15) is 0 Å². The van der Waals surface area contributed by atoms with Crippen LogP contribution in [-0.4, -0.2) is 25.8 Å². The van der Waals surface area contributed by atoms with Crippen LogP contribution in [0.3, 0.4) is 0 Å². The molecule has 2 aliphatic rings. The van der Waals surface area contributed by atoms with E-state index in [0.29, 0.717) is 5.75 Å². The summed E-state index contributed by atoms with van der Waals surface area (Å²) in [5.41, 5.74) is 0.480. The number of rotatable bonds is 4. The second-order valence-corrected chi connectivity index (χ2v) is 5.83. The van der Waals surface area contributed by atoms with E-state index in [-0.39, 0.29) is 18.1 Å². The molecule has 0 saturated carbocycles. The lowest BCUT2D eigenvalue weighted by atomic mass is 9.76. The minimum Gasteiger partial charge on any atom is -0.454 e. The van der Waals surface area contributed by atoms with E-state index >= 15 is 0 Å². The average Bonchev–Trinajstić information content (AvgIpc) is 2.96. The monoisotopic (exact) mass is 290 g/mol. The number of benzene rings is 1. The Kier molecular flexibility index (Phi) is 4.01. The molecule has 3 rings (SSSR count). The van der Waals surface area contributed by atoms with E-state index in [1.54, 1.807) is 0 Å². The highest BCUT2D eigenvalue weighted by Crippen LogP contribution is 2.36. The number of hydrogen-bond donors (Lipinski definition) is 2. The van der Waals surface area contributed by atoms with Gasteiger partial charge in [-0.15, -0.1) is 0 Å². The van der Waals surface area contributed by atoms with Crippen LogP contribution in [0.2, 0.25) is 0 Å². The summed E-state index contributed by atoms with van der Waals surface area (Å²) < 4.78 is 10.6. The molecule has 0 spiro atoms. The van der Waals surface area contributed by atoms with E-state index in [1.807, 2.05) is 18.2 Å². The van der Waals surface area contributed by atoms with Gasteiger partial charge in [0.15, 0.2) is 11.5 Å². The largest absolute Gasteiger partial charge is 0.454 e. The van der Waals surface area contributed by atoms with Crippen molar-refractivity contribution in [3.05, 3.63) is 18.2 Å². The van der Waals surface area contributed by atoms with Crippen LogP contribution in [0.5, 0.6) is 11.5 Å². The average molecular weight is 290 g/mol. The summed E-state index contributed by atoms with van der Waals surface area (Å²) in [5, 5.41) is 6.42. The van der Waals surface area contributed by atoms with Crippen LogP contribution in [0.15, 0.2) is 18.2 Å². The molecule has 5 nitrogen and oxygen atoms in total. The zero-order valence-electron chi connectivity index (χ0n) is 12.4. The summed E-state index contributed by atoms with van der Waals surface area (Å²) in [6.07, 6.45) is 3.92. The van der Waals surface area contributed by atoms with Gasteiger partial charge in [0.25, 0.3) is 0 Å². The second-order valence-electron chi connectivity index (χ2n) is 5.83. The summed E-state index contributed by atoms with van der Waals surface area (Å²) in [4.78, 5) is 12.8. The van der Waals surface area contributed by atoms with Gasteiger partial charge in [0.05, 0.1) is 5.41 Å². The first kappa shape index (κ1) is 14.2. The molecule has 0 radical (unpaired) electrons. The highest BCUT2D eigenvalue weighted by molar-refractivity contribution is 5.96. The molecule has 0 bridgehead atoms. The fourth-order valence-corrected chi connectivity index (χ4v) is 3.21. The lowest BCUT2D eigenvalue weighted by Gasteiger charge is -2.36. The van der Waals surface area contributed by atoms with Crippen molar-refractivity contribution in [2.24, 2.45) is 5.41 Å². The zero-order valence-corrected chi connectivity index (χ0v) is 12.4. The number of carbonyl (C=O) groups is 1. The van der Waals surface area contributed by atoms with Crippen molar-refractivity contribution in [1.29, 1.82) is 0 Å². The van der Waals surface area contributed by atoms with E-state index in [4.69, 9.17) is 9.47 Å². The van der Waals surface area contributed by atoms with Crippen LogP contribution in [-0.2, 0) is 4.79 Å². The number of hydrogen-bond acceptors (Lipinski definition) is 4. The fraction of sp³-hybridized carbons (Fsp3) is 0.562. The SMILES string of the molecule is CCCC1(C(=O)Nc2ccc3c(c2)OCO3)CCCNC1. The Labute approximate surface area is 125 Å². The summed E-state index contributed by atoms with van der Waals surface area (Å²) in [6, 6.07) is 5.53. The van der Waals surface area contributed by atoms with Crippen molar-refractivity contribution in [3.63, 3.8) is 0 Å². The number of carbonyl (C=O) groups excluding carboxylic acids is 1. The molecule has 0 aromatic heterocycles. The molecule has 1 unspecified atom stereocenters. The predicted molar refractivity (Wildman–Crippen MR) is 80.6 cm³/mol. The Morgan fingerprint density at radius 1 is 1.38 bits per heavy atom. The summed E-state index contributed by atoms with van der Waals surface area (Å²) >= 11 is 0. The zero-order chi connectivity index (χ0) is 14.7. The Morgan fingerprint density at radius 2 is 2.24 bits per heavy atom. The minimum atomic E-state index is -0.288. The van der Waals surface area contributed by atoms with Gasteiger partial charge in [-0.3, -0.25) is 4.79 Å². The molecule has 1 amide bonds. The lowest BCUT2D eigenvalue weighted by Crippen LogP contribution is -2.48. The van der Waals surface area contributed by atoms with E-state index in [0.717, 1.165) is 50.2 Å². The van der Waals surface area contributed by atoms with Crippen molar-refractivity contribution in [3.8, 4) is 11.5 Å². The van der Waals surface area contributed by atoms with Crippen LogP contribution >= 0.6 is 0 Å². The second kappa shape index (κ2) is 5.93. The third kappa shape index (κ3) is 2.83. The van der Waals surface area contributed by atoms with Gasteiger partial charge < -0.3 is 20.1 Å². The summed E-state index contributed by atoms with van der Waals surface area (Å²) in [5.74, 6) is 1.53. The number of fused-ring (bicyclic) bond motifs is 1. The Balaban J connectivity index is 1.74. The van der Waals surface area contributed by atoms with Gasteiger partial charge in [0.2, 0.25) is 12.7 Å². The van der Waals surface area contributed by atoms with Crippen LogP contribution in [0.1, 0.15) is 32.6 Å². The van der Waals surface area contributed by atoms with Gasteiger partial charge >= 0.3 is 0 Å². The molecule has 2 N–H and O–H groups in total. The molecular formula is C16H22N2O3. The fourth-order valence-electron chi connectivity index (χ4n) is 3.21. The number of nitrogens with one attached hydrogen (secondary N) is 2. The molecule has 2 heterocycles. The lowest BCUT2D eigenvalue weighted by molar-refractivity contribution is -0.127. The maximum atomic E-state index is 12.8. The highest BCUT2D eigenvalue weighted by Gasteiger charge is 2.38. The number of anilines is 1. The van der Waals surface area contributed by atoms with Crippen LogP contribution < -0.4 is 20.1 Å². The molecule has 1 aromatic rings. The third-order valence-electron chi connectivity index (χ3n) is 4.31. The molecule has 1 fully saturated rings.